The molecule has 0 aliphatic heterocycles. The predicted molar refractivity (Wildman–Crippen MR) is 51.4 cm³/mol. The van der Waals surface area contributed by atoms with Crippen molar-refractivity contribution >= 4 is 59.2 Å². The van der Waals surface area contributed by atoms with E-state index in [4.69, 9.17) is 24.4 Å². The summed E-state index contributed by atoms with van der Waals surface area (Å²) in [5, 5.41) is 8.39. The van der Waals surface area contributed by atoms with Crippen molar-refractivity contribution < 1.29 is 28.8 Å². The molecule has 78 valence electrons. The van der Waals surface area contributed by atoms with Crippen LogP contribution in [-0.4, -0.2) is 110 Å². The zero-order valence-corrected chi connectivity index (χ0v) is 8.40. The van der Waals surface area contributed by atoms with Crippen LogP contribution in [-0.2, 0) is 4.57 Å². The number of nitrogens with zero attached hydrogens (tertiary/aromatic N) is 1. The molecule has 0 aromatic rings. The van der Waals surface area contributed by atoms with Crippen molar-refractivity contribution in [2.45, 2.75) is 0 Å². The number of quaternary nitrogens is 1. The average Bonchev–Trinajstić information content (AvgIpc) is 1.54. The zero-order valence-electron chi connectivity index (χ0n) is 7.51. The van der Waals surface area contributed by atoms with Gasteiger partial charge in [-0.15, -0.1) is 0 Å². The van der Waals surface area contributed by atoms with Gasteiger partial charge in [0.2, 0.25) is 0 Å². The first-order chi connectivity index (χ1) is 5.06. The number of phosphoric acid groups is 1. The fraction of sp³-hybridized carbons (Fsp3) is 1.00. The third-order valence-corrected chi connectivity index (χ3v) is 0.771. The predicted octanol–water partition coefficient (Wildman–Crippen LogP) is -1.89. The molecule has 6 nitrogen and oxygen atoms in total. The van der Waals surface area contributed by atoms with Gasteiger partial charge in [0.05, 0.1) is 27.7 Å². The molecule has 0 saturated heterocycles. The Bertz CT molecular complexity index is 145. The van der Waals surface area contributed by atoms with Gasteiger partial charge in [0, 0.05) is 0 Å². The Balaban J connectivity index is -0.000000150. The Kier molecular flexibility index (Phi) is 13.8. The van der Waals surface area contributed by atoms with E-state index in [0.717, 1.165) is 11.0 Å². The van der Waals surface area contributed by atoms with Crippen LogP contribution in [0.3, 0.4) is 0 Å². The molecule has 0 amide bonds. The van der Waals surface area contributed by atoms with Gasteiger partial charge in [-0.1, -0.05) is 0 Å². The molecular formula is C5H18KNO5P+. The zero-order chi connectivity index (χ0) is 10.4. The van der Waals surface area contributed by atoms with E-state index < -0.39 is 7.82 Å². The fourth-order valence-electron chi connectivity index (χ4n) is 0.300. The fourth-order valence-corrected chi connectivity index (χ4v) is 0.300. The van der Waals surface area contributed by atoms with Crippen LogP contribution in [0.25, 0.3) is 0 Å². The molecule has 13 heavy (non-hydrogen) atoms. The Labute approximate surface area is 121 Å². The summed E-state index contributed by atoms with van der Waals surface area (Å²) in [6.45, 7) is 1.11. The molecule has 0 atom stereocenters. The molecular weight excluding hydrogens is 224 g/mol. The van der Waals surface area contributed by atoms with Crippen molar-refractivity contribution in [2.75, 3.05) is 34.3 Å². The van der Waals surface area contributed by atoms with Crippen LogP contribution in [0.5, 0.6) is 0 Å². The van der Waals surface area contributed by atoms with Crippen molar-refractivity contribution in [2.24, 2.45) is 0 Å². The summed E-state index contributed by atoms with van der Waals surface area (Å²) < 4.78 is 9.73. The number of hydrogen-bond donors (Lipinski definition) is 4. The van der Waals surface area contributed by atoms with E-state index in [1.165, 1.54) is 0 Å². The van der Waals surface area contributed by atoms with Gasteiger partial charge in [-0.25, -0.2) is 4.57 Å². The molecule has 0 spiro atoms. The molecule has 0 aliphatic rings. The van der Waals surface area contributed by atoms with Gasteiger partial charge in [0.15, 0.2) is 0 Å². The van der Waals surface area contributed by atoms with Gasteiger partial charge >= 0.3 is 59.2 Å². The second-order valence-corrected chi connectivity index (χ2v) is 4.28. The molecule has 0 heterocycles. The van der Waals surface area contributed by atoms with Gasteiger partial charge < -0.3 is 24.3 Å². The number of aliphatic hydroxyl groups excluding tert-OH is 1. The van der Waals surface area contributed by atoms with Gasteiger partial charge in [-0.05, 0) is 0 Å². The van der Waals surface area contributed by atoms with Gasteiger partial charge in [0.1, 0.15) is 6.54 Å². The van der Waals surface area contributed by atoms with Crippen molar-refractivity contribution in [1.82, 2.24) is 0 Å². The standard InChI is InChI=1S/C5H14NO.K.H3O4P.H/c1-6(2,3)4-5-7;;1-5(2,3)4;/h7H,4-5H2,1-3H3;;(H3,1,2,3,4);/q+1;;;. The van der Waals surface area contributed by atoms with Crippen molar-refractivity contribution in [3.05, 3.63) is 0 Å². The molecule has 0 bridgehead atoms. The van der Waals surface area contributed by atoms with E-state index in [2.05, 4.69) is 21.1 Å². The first kappa shape index (κ1) is 20.1. The van der Waals surface area contributed by atoms with Crippen LogP contribution in [0.2, 0.25) is 0 Å². The third-order valence-electron chi connectivity index (χ3n) is 0.771. The summed E-state index contributed by atoms with van der Waals surface area (Å²) in [5.74, 6) is 0. The maximum atomic E-state index is 8.88. The van der Waals surface area contributed by atoms with Crippen LogP contribution < -0.4 is 0 Å². The average molecular weight is 242 g/mol. The van der Waals surface area contributed by atoms with Crippen LogP contribution >= 0.6 is 7.82 Å². The van der Waals surface area contributed by atoms with E-state index in [0.29, 0.717) is 0 Å². The summed E-state index contributed by atoms with van der Waals surface area (Å²) in [4.78, 5) is 21.6. The van der Waals surface area contributed by atoms with E-state index in [-0.39, 0.29) is 58.0 Å². The van der Waals surface area contributed by atoms with Gasteiger partial charge in [0.25, 0.3) is 0 Å². The minimum absolute atomic E-state index is 0. The van der Waals surface area contributed by atoms with Crippen molar-refractivity contribution in [3.63, 3.8) is 0 Å². The minimum atomic E-state index is -4.64. The molecule has 0 aromatic heterocycles. The Hall–Kier alpha value is 1.67. The van der Waals surface area contributed by atoms with Gasteiger partial charge in [-0.3, -0.25) is 0 Å². The molecule has 0 unspecified atom stereocenters. The monoisotopic (exact) mass is 242 g/mol. The second kappa shape index (κ2) is 8.93. The maximum absolute atomic E-state index is 8.88. The normalized spacial score (nSPS) is 11.0. The van der Waals surface area contributed by atoms with Crippen LogP contribution in [0.1, 0.15) is 0 Å². The number of likely N-dealkylation sites (N-methyl/N-ethyl adjacent to an activating group) is 1. The summed E-state index contributed by atoms with van der Waals surface area (Å²) >= 11 is 0. The van der Waals surface area contributed by atoms with Crippen molar-refractivity contribution in [1.29, 1.82) is 0 Å². The molecule has 0 fully saturated rings. The molecule has 0 aliphatic carbocycles. The Morgan fingerprint density at radius 3 is 1.38 bits per heavy atom. The van der Waals surface area contributed by atoms with E-state index >= 15 is 0 Å². The molecule has 0 aromatic carbocycles. The molecule has 0 rings (SSSR count). The number of rotatable bonds is 2. The molecule has 0 radical (unpaired) electrons. The first-order valence-corrected chi connectivity index (χ1v) is 4.82. The molecule has 0 saturated carbocycles. The van der Waals surface area contributed by atoms with Crippen LogP contribution in [0, 0.1) is 0 Å². The summed E-state index contributed by atoms with van der Waals surface area (Å²) in [7, 11) is 1.52. The first-order valence-electron chi connectivity index (χ1n) is 3.26. The third kappa shape index (κ3) is 57.9. The summed E-state index contributed by atoms with van der Waals surface area (Å²) in [6.07, 6.45) is 0. The van der Waals surface area contributed by atoms with E-state index in [1.54, 1.807) is 0 Å². The summed E-state index contributed by atoms with van der Waals surface area (Å²) in [6, 6.07) is 0. The molecule has 4 N–H and O–H groups in total. The van der Waals surface area contributed by atoms with Gasteiger partial charge in [-0.2, -0.15) is 0 Å². The SMILES string of the molecule is C[N+](C)(C)CCO.O=P(O)(O)O.[KH]. The second-order valence-electron chi connectivity index (χ2n) is 3.25. The van der Waals surface area contributed by atoms with E-state index in [1.807, 2.05) is 0 Å². The number of aliphatic hydroxyl groups is 1. The van der Waals surface area contributed by atoms with Crippen molar-refractivity contribution in [3.8, 4) is 0 Å². The molecule has 8 heteroatoms. The van der Waals surface area contributed by atoms with E-state index in [9.17, 15) is 0 Å². The Morgan fingerprint density at radius 2 is 1.38 bits per heavy atom. The topological polar surface area (TPSA) is 98.0 Å². The van der Waals surface area contributed by atoms with Crippen LogP contribution in [0.4, 0.5) is 0 Å². The number of hydrogen-bond acceptors (Lipinski definition) is 2. The summed E-state index contributed by atoms with van der Waals surface area (Å²) in [5.41, 5.74) is 0. The Morgan fingerprint density at radius 1 is 1.15 bits per heavy atom. The quantitative estimate of drug-likeness (QED) is 0.258. The van der Waals surface area contributed by atoms with Crippen LogP contribution in [0.15, 0.2) is 0 Å².